The number of aromatic nitrogens is 2. The van der Waals surface area contributed by atoms with E-state index in [1.54, 1.807) is 26.0 Å². The number of hydrogen-bond acceptors (Lipinski definition) is 5. The first-order valence-corrected chi connectivity index (χ1v) is 8.73. The number of carbonyl (C=O) groups is 2. The molecule has 8 nitrogen and oxygen atoms in total. The van der Waals surface area contributed by atoms with Gasteiger partial charge in [0.15, 0.2) is 0 Å². The Hall–Kier alpha value is -2.97. The maximum Gasteiger partial charge on any atom is 0.318 e. The second kappa shape index (κ2) is 7.73. The number of urea groups is 1. The molecule has 0 aliphatic carbocycles. The van der Waals surface area contributed by atoms with Crippen LogP contribution in [0.2, 0.25) is 0 Å². The van der Waals surface area contributed by atoms with E-state index in [0.717, 1.165) is 0 Å². The maximum absolute atomic E-state index is 13.4. The summed E-state index contributed by atoms with van der Waals surface area (Å²) in [6, 6.07) is 3.59. The zero-order valence-electron chi connectivity index (χ0n) is 15.1. The first-order valence-electron chi connectivity index (χ1n) is 8.73. The topological polar surface area (TPSA) is 109 Å². The number of carboxylic acid groups (broad SMARTS) is 1. The minimum Gasteiger partial charge on any atom is -0.481 e. The van der Waals surface area contributed by atoms with Gasteiger partial charge in [-0.15, -0.1) is 0 Å². The number of amides is 2. The fraction of sp³-hybridized carbons (Fsp3) is 0.444. The molecule has 9 heteroatoms. The summed E-state index contributed by atoms with van der Waals surface area (Å²) in [5.41, 5.74) is 1.08. The number of piperidine rings is 1. The molecule has 1 aromatic carbocycles. The molecule has 2 N–H and O–H groups in total. The summed E-state index contributed by atoms with van der Waals surface area (Å²) in [6.45, 7) is 4.03. The van der Waals surface area contributed by atoms with E-state index in [0.29, 0.717) is 36.3 Å². The van der Waals surface area contributed by atoms with Gasteiger partial charge in [0.05, 0.1) is 5.92 Å². The van der Waals surface area contributed by atoms with E-state index in [2.05, 4.69) is 15.5 Å². The Bertz CT molecular complexity index is 854. The molecule has 0 radical (unpaired) electrons. The van der Waals surface area contributed by atoms with Crippen molar-refractivity contribution < 1.29 is 23.6 Å². The summed E-state index contributed by atoms with van der Waals surface area (Å²) < 4.78 is 18.6. The van der Waals surface area contributed by atoms with Crippen LogP contribution in [-0.2, 0) is 4.79 Å². The number of aliphatic carboxylic acids is 1. The number of rotatable bonds is 4. The van der Waals surface area contributed by atoms with Crippen molar-refractivity contribution in [2.45, 2.75) is 32.7 Å². The fourth-order valence-electron chi connectivity index (χ4n) is 3.01. The van der Waals surface area contributed by atoms with Crippen LogP contribution in [0.25, 0.3) is 11.4 Å². The van der Waals surface area contributed by atoms with Crippen LogP contribution in [0.4, 0.5) is 9.18 Å². The summed E-state index contributed by atoms with van der Waals surface area (Å²) in [7, 11) is 0. The van der Waals surface area contributed by atoms with Crippen molar-refractivity contribution in [3.05, 3.63) is 35.5 Å². The Labute approximate surface area is 155 Å². The van der Waals surface area contributed by atoms with E-state index in [1.807, 2.05) is 0 Å². The Morgan fingerprint density at radius 2 is 2.22 bits per heavy atom. The molecule has 0 bridgehead atoms. The molecule has 2 aromatic rings. The molecular weight excluding hydrogens is 355 g/mol. The average molecular weight is 376 g/mol. The van der Waals surface area contributed by atoms with Crippen molar-refractivity contribution >= 4 is 12.0 Å². The van der Waals surface area contributed by atoms with Crippen molar-refractivity contribution in [1.82, 2.24) is 20.4 Å². The normalized spacial score (nSPS) is 18.2. The van der Waals surface area contributed by atoms with Gasteiger partial charge in [0, 0.05) is 18.7 Å². The van der Waals surface area contributed by atoms with E-state index >= 15 is 0 Å². The lowest BCUT2D eigenvalue weighted by molar-refractivity contribution is -0.143. The molecule has 2 amide bonds. The summed E-state index contributed by atoms with van der Waals surface area (Å²) in [4.78, 5) is 29.3. The number of carbonyl (C=O) groups excluding carboxylic acids is 1. The summed E-state index contributed by atoms with van der Waals surface area (Å²) in [6.07, 6.45) is 1.21. The fourth-order valence-corrected chi connectivity index (χ4v) is 3.01. The van der Waals surface area contributed by atoms with Crippen LogP contribution in [0.3, 0.4) is 0 Å². The summed E-state index contributed by atoms with van der Waals surface area (Å²) >= 11 is 0. The van der Waals surface area contributed by atoms with Gasteiger partial charge in [0.2, 0.25) is 11.7 Å². The molecule has 1 saturated heterocycles. The lowest BCUT2D eigenvalue weighted by atomic mass is 9.99. The molecule has 2 heterocycles. The van der Waals surface area contributed by atoms with Gasteiger partial charge in [-0.05, 0) is 50.5 Å². The second-order valence-corrected chi connectivity index (χ2v) is 6.71. The predicted octanol–water partition coefficient (Wildman–Crippen LogP) is 2.75. The van der Waals surface area contributed by atoms with Crippen LogP contribution in [0.5, 0.6) is 0 Å². The van der Waals surface area contributed by atoms with E-state index in [4.69, 9.17) is 9.63 Å². The first-order chi connectivity index (χ1) is 12.8. The highest BCUT2D eigenvalue weighted by Crippen LogP contribution is 2.22. The molecule has 1 aromatic heterocycles. The van der Waals surface area contributed by atoms with E-state index in [-0.39, 0.29) is 24.3 Å². The average Bonchev–Trinajstić information content (AvgIpc) is 3.14. The monoisotopic (exact) mass is 376 g/mol. The van der Waals surface area contributed by atoms with Gasteiger partial charge in [-0.3, -0.25) is 4.79 Å². The van der Waals surface area contributed by atoms with E-state index in [1.165, 1.54) is 11.0 Å². The zero-order chi connectivity index (χ0) is 19.6. The molecule has 144 valence electrons. The number of halogens is 1. The standard InChI is InChI=1S/C18H21FN4O4/c1-10-8-12(5-6-14(10)19)15-21-16(27-22-15)11(2)20-18(26)23-7-3-4-13(9-23)17(24)25/h5-6,8,11,13H,3-4,7,9H2,1-2H3,(H,20,26)(H,24,25). The van der Waals surface area contributed by atoms with Crippen LogP contribution >= 0.6 is 0 Å². The molecule has 2 atom stereocenters. The van der Waals surface area contributed by atoms with Crippen molar-refractivity contribution in [2.24, 2.45) is 5.92 Å². The van der Waals surface area contributed by atoms with E-state index < -0.39 is 17.9 Å². The number of hydrogen-bond donors (Lipinski definition) is 2. The molecule has 2 unspecified atom stereocenters. The van der Waals surface area contributed by atoms with Crippen molar-refractivity contribution in [1.29, 1.82) is 0 Å². The third kappa shape index (κ3) is 4.24. The Kier molecular flexibility index (Phi) is 5.38. The first kappa shape index (κ1) is 18.8. The minimum absolute atomic E-state index is 0.178. The molecule has 1 aliphatic heterocycles. The van der Waals surface area contributed by atoms with Crippen molar-refractivity contribution in [3.8, 4) is 11.4 Å². The largest absolute Gasteiger partial charge is 0.481 e. The SMILES string of the molecule is Cc1cc(-c2noc(C(C)NC(=O)N3CCCC(C(=O)O)C3)n2)ccc1F. The third-order valence-corrected chi connectivity index (χ3v) is 4.63. The van der Waals surface area contributed by atoms with Crippen molar-refractivity contribution in [3.63, 3.8) is 0 Å². The Balaban J connectivity index is 1.65. The number of likely N-dealkylation sites (tertiary alicyclic amines) is 1. The predicted molar refractivity (Wildman–Crippen MR) is 93.3 cm³/mol. The molecular formula is C18H21FN4O4. The lowest BCUT2D eigenvalue weighted by Gasteiger charge is -2.31. The van der Waals surface area contributed by atoms with Gasteiger partial charge >= 0.3 is 12.0 Å². The molecule has 27 heavy (non-hydrogen) atoms. The molecule has 0 spiro atoms. The Morgan fingerprint density at radius 3 is 2.93 bits per heavy atom. The van der Waals surface area contributed by atoms with Gasteiger partial charge in [0.1, 0.15) is 11.9 Å². The van der Waals surface area contributed by atoms with Gasteiger partial charge < -0.3 is 19.8 Å². The highest BCUT2D eigenvalue weighted by molar-refractivity contribution is 5.76. The molecule has 1 aliphatic rings. The maximum atomic E-state index is 13.4. The number of nitrogens with zero attached hydrogens (tertiary/aromatic N) is 3. The van der Waals surface area contributed by atoms with Gasteiger partial charge in [0.25, 0.3) is 0 Å². The summed E-state index contributed by atoms with van der Waals surface area (Å²) in [5, 5.41) is 15.8. The van der Waals surface area contributed by atoms with Gasteiger partial charge in [-0.2, -0.15) is 4.98 Å². The highest BCUT2D eigenvalue weighted by atomic mass is 19.1. The van der Waals surface area contributed by atoms with Crippen LogP contribution in [0, 0.1) is 18.7 Å². The minimum atomic E-state index is -0.892. The smallest absolute Gasteiger partial charge is 0.318 e. The Morgan fingerprint density at radius 1 is 1.44 bits per heavy atom. The summed E-state index contributed by atoms with van der Waals surface area (Å²) in [5.74, 6) is -1.23. The van der Waals surface area contributed by atoms with Gasteiger partial charge in [-0.1, -0.05) is 5.16 Å². The highest BCUT2D eigenvalue weighted by Gasteiger charge is 2.29. The van der Waals surface area contributed by atoms with Crippen molar-refractivity contribution in [2.75, 3.05) is 13.1 Å². The van der Waals surface area contributed by atoms with Crippen LogP contribution in [-0.4, -0.2) is 45.2 Å². The number of carboxylic acids is 1. The molecule has 3 rings (SSSR count). The second-order valence-electron chi connectivity index (χ2n) is 6.71. The quantitative estimate of drug-likeness (QED) is 0.849. The molecule has 1 fully saturated rings. The van der Waals surface area contributed by atoms with Gasteiger partial charge in [-0.25, -0.2) is 9.18 Å². The van der Waals surface area contributed by atoms with Crippen LogP contribution < -0.4 is 5.32 Å². The number of benzene rings is 1. The number of aryl methyl sites for hydroxylation is 1. The third-order valence-electron chi connectivity index (χ3n) is 4.63. The van der Waals surface area contributed by atoms with Crippen LogP contribution in [0.15, 0.2) is 22.7 Å². The molecule has 0 saturated carbocycles. The lowest BCUT2D eigenvalue weighted by Crippen LogP contribution is -2.47. The van der Waals surface area contributed by atoms with E-state index in [9.17, 15) is 14.0 Å². The zero-order valence-corrected chi connectivity index (χ0v) is 15.1. The van der Waals surface area contributed by atoms with Crippen LogP contribution in [0.1, 0.15) is 37.3 Å². The number of nitrogens with one attached hydrogen (secondary N) is 1.